The number of Topliss-reactive ketones (excluding diaryl/α,β-unsaturated/α-hetero) is 1. The van der Waals surface area contributed by atoms with Crippen LogP contribution in [0.2, 0.25) is 0 Å². The third-order valence-corrected chi connectivity index (χ3v) is 3.23. The molecule has 2 rings (SSSR count). The smallest absolute Gasteiger partial charge is 0.155 e. The van der Waals surface area contributed by atoms with Crippen LogP contribution in [0.5, 0.6) is 0 Å². The maximum Gasteiger partial charge on any atom is 0.155 e. The molecule has 1 fully saturated rings. The van der Waals surface area contributed by atoms with Crippen LogP contribution in [-0.2, 0) is 9.59 Å². The summed E-state index contributed by atoms with van der Waals surface area (Å²) in [4.78, 5) is 22.5. The first kappa shape index (κ1) is 7.71. The van der Waals surface area contributed by atoms with Crippen molar-refractivity contribution in [2.75, 3.05) is 0 Å². The van der Waals surface area contributed by atoms with Gasteiger partial charge in [0.2, 0.25) is 0 Å². The number of ketones is 2. The Morgan fingerprint density at radius 3 is 3.00 bits per heavy atom. The normalized spacial score (nSPS) is 40.2. The molecule has 0 radical (unpaired) electrons. The maximum absolute atomic E-state index is 11.5. The first-order valence-corrected chi connectivity index (χ1v) is 4.38. The predicted molar refractivity (Wildman–Crippen MR) is 44.6 cm³/mol. The quantitative estimate of drug-likeness (QED) is 0.543. The van der Waals surface area contributed by atoms with Gasteiger partial charge in [-0.2, -0.15) is 0 Å². The van der Waals surface area contributed by atoms with Gasteiger partial charge in [0.1, 0.15) is 5.78 Å². The van der Waals surface area contributed by atoms with E-state index in [0.29, 0.717) is 18.6 Å². The van der Waals surface area contributed by atoms with Gasteiger partial charge in [-0.3, -0.25) is 9.59 Å². The van der Waals surface area contributed by atoms with Gasteiger partial charge in [0.15, 0.2) is 5.78 Å². The van der Waals surface area contributed by atoms with Crippen molar-refractivity contribution in [1.82, 2.24) is 0 Å². The van der Waals surface area contributed by atoms with Crippen LogP contribution in [0.15, 0.2) is 12.2 Å². The van der Waals surface area contributed by atoms with Crippen molar-refractivity contribution < 1.29 is 9.59 Å². The summed E-state index contributed by atoms with van der Waals surface area (Å²) in [7, 11) is 0. The Hall–Kier alpha value is -0.920. The number of rotatable bonds is 0. The lowest BCUT2D eigenvalue weighted by Crippen LogP contribution is -2.31. The van der Waals surface area contributed by atoms with E-state index in [2.05, 4.69) is 0 Å². The number of hydrogen-bond acceptors (Lipinski definition) is 2. The third-order valence-electron chi connectivity index (χ3n) is 3.23. The molecule has 2 atom stereocenters. The minimum absolute atomic E-state index is 0.173. The van der Waals surface area contributed by atoms with Crippen molar-refractivity contribution in [3.8, 4) is 0 Å². The number of fused-ring (bicyclic) bond motifs is 1. The molecule has 2 heteroatoms. The maximum atomic E-state index is 11.5. The highest BCUT2D eigenvalue weighted by Gasteiger charge is 2.46. The van der Waals surface area contributed by atoms with Gasteiger partial charge in [0, 0.05) is 18.3 Å². The zero-order valence-corrected chi connectivity index (χ0v) is 7.17. The fourth-order valence-corrected chi connectivity index (χ4v) is 2.22. The SMILES string of the molecule is C[C@]12C=CC(=O)C[C@@H]1CCC2=O. The summed E-state index contributed by atoms with van der Waals surface area (Å²) in [5.41, 5.74) is -0.312. The molecule has 0 aliphatic heterocycles. The Labute approximate surface area is 71.6 Å². The van der Waals surface area contributed by atoms with E-state index in [-0.39, 0.29) is 17.1 Å². The van der Waals surface area contributed by atoms with Crippen molar-refractivity contribution in [3.05, 3.63) is 12.2 Å². The predicted octanol–water partition coefficient (Wildman–Crippen LogP) is 1.50. The van der Waals surface area contributed by atoms with E-state index in [1.54, 1.807) is 12.2 Å². The molecule has 0 N–H and O–H groups in total. The topological polar surface area (TPSA) is 34.1 Å². The molecule has 0 aromatic rings. The van der Waals surface area contributed by atoms with Crippen LogP contribution < -0.4 is 0 Å². The first-order valence-electron chi connectivity index (χ1n) is 4.38. The molecule has 1 saturated carbocycles. The van der Waals surface area contributed by atoms with Crippen LogP contribution in [0.4, 0.5) is 0 Å². The van der Waals surface area contributed by atoms with E-state index in [1.165, 1.54) is 0 Å². The Morgan fingerprint density at radius 2 is 2.25 bits per heavy atom. The van der Waals surface area contributed by atoms with Crippen LogP contribution >= 0.6 is 0 Å². The van der Waals surface area contributed by atoms with E-state index >= 15 is 0 Å². The number of carbonyl (C=O) groups excluding carboxylic acids is 2. The van der Waals surface area contributed by atoms with Crippen LogP contribution in [0.3, 0.4) is 0 Å². The lowest BCUT2D eigenvalue weighted by Gasteiger charge is -2.28. The Kier molecular flexibility index (Phi) is 1.47. The van der Waals surface area contributed by atoms with Crippen LogP contribution in [0.25, 0.3) is 0 Å². The fourth-order valence-electron chi connectivity index (χ4n) is 2.22. The van der Waals surface area contributed by atoms with Crippen molar-refractivity contribution in [2.24, 2.45) is 11.3 Å². The van der Waals surface area contributed by atoms with E-state index in [1.807, 2.05) is 6.92 Å². The van der Waals surface area contributed by atoms with Crippen LogP contribution in [-0.4, -0.2) is 11.6 Å². The molecular weight excluding hydrogens is 152 g/mol. The zero-order chi connectivity index (χ0) is 8.77. The van der Waals surface area contributed by atoms with Gasteiger partial charge >= 0.3 is 0 Å². The Balaban J connectivity index is 2.39. The second kappa shape index (κ2) is 2.28. The molecule has 0 heterocycles. The van der Waals surface area contributed by atoms with E-state index in [4.69, 9.17) is 0 Å². The molecule has 64 valence electrons. The first-order chi connectivity index (χ1) is 5.63. The minimum Gasteiger partial charge on any atom is -0.299 e. The summed E-state index contributed by atoms with van der Waals surface area (Å²) in [5, 5.41) is 0. The van der Waals surface area contributed by atoms with Crippen molar-refractivity contribution in [3.63, 3.8) is 0 Å². The van der Waals surface area contributed by atoms with Crippen LogP contribution in [0.1, 0.15) is 26.2 Å². The lowest BCUT2D eigenvalue weighted by atomic mass is 9.73. The van der Waals surface area contributed by atoms with Gasteiger partial charge in [-0.05, 0) is 25.3 Å². The largest absolute Gasteiger partial charge is 0.299 e. The van der Waals surface area contributed by atoms with Crippen molar-refractivity contribution in [1.29, 1.82) is 0 Å². The number of allylic oxidation sites excluding steroid dienone is 2. The van der Waals surface area contributed by atoms with Gasteiger partial charge in [-0.25, -0.2) is 0 Å². The molecule has 0 bridgehead atoms. The summed E-state index contributed by atoms with van der Waals surface area (Å²) in [6.07, 6.45) is 5.49. The molecule has 0 spiro atoms. The van der Waals surface area contributed by atoms with Gasteiger partial charge in [-0.1, -0.05) is 6.08 Å². The monoisotopic (exact) mass is 164 g/mol. The van der Waals surface area contributed by atoms with E-state index in [9.17, 15) is 9.59 Å². The molecule has 0 unspecified atom stereocenters. The zero-order valence-electron chi connectivity index (χ0n) is 7.17. The molecule has 0 saturated heterocycles. The molecule has 0 amide bonds. The number of hydrogen-bond donors (Lipinski definition) is 0. The second-order valence-corrected chi connectivity index (χ2v) is 3.95. The van der Waals surface area contributed by atoms with Crippen LogP contribution in [0, 0.1) is 11.3 Å². The molecule has 2 aliphatic carbocycles. The highest BCUT2D eigenvalue weighted by atomic mass is 16.1. The molecule has 0 aromatic heterocycles. The standard InChI is InChI=1S/C10H12O2/c1-10-5-4-8(11)6-7(10)2-3-9(10)12/h4-5,7H,2-3,6H2,1H3/t7-,10-/m0/s1. The summed E-state index contributed by atoms with van der Waals surface area (Å²) in [6.45, 7) is 1.95. The molecule has 2 aliphatic rings. The van der Waals surface area contributed by atoms with E-state index in [0.717, 1.165) is 6.42 Å². The Morgan fingerprint density at radius 1 is 1.50 bits per heavy atom. The Bertz CT molecular complexity index is 278. The van der Waals surface area contributed by atoms with Gasteiger partial charge in [0.25, 0.3) is 0 Å². The highest BCUT2D eigenvalue weighted by molar-refractivity contribution is 5.97. The molecule has 2 nitrogen and oxygen atoms in total. The summed E-state index contributed by atoms with van der Waals surface area (Å²) >= 11 is 0. The van der Waals surface area contributed by atoms with Gasteiger partial charge < -0.3 is 0 Å². The third kappa shape index (κ3) is 0.872. The van der Waals surface area contributed by atoms with Gasteiger partial charge in [0.05, 0.1) is 0 Å². The van der Waals surface area contributed by atoms with Crippen molar-refractivity contribution in [2.45, 2.75) is 26.2 Å². The summed E-state index contributed by atoms with van der Waals surface area (Å²) in [5.74, 6) is 0.755. The number of carbonyl (C=O) groups is 2. The van der Waals surface area contributed by atoms with Crippen molar-refractivity contribution >= 4 is 11.6 Å². The van der Waals surface area contributed by atoms with E-state index < -0.39 is 0 Å². The minimum atomic E-state index is -0.312. The fraction of sp³-hybridized carbons (Fsp3) is 0.600. The highest BCUT2D eigenvalue weighted by Crippen LogP contribution is 2.45. The van der Waals surface area contributed by atoms with Gasteiger partial charge in [-0.15, -0.1) is 0 Å². The molecule has 0 aromatic carbocycles. The average Bonchev–Trinajstić information content (AvgIpc) is 2.31. The lowest BCUT2D eigenvalue weighted by molar-refractivity contribution is -0.125. The summed E-state index contributed by atoms with van der Waals surface area (Å²) in [6, 6.07) is 0. The summed E-state index contributed by atoms with van der Waals surface area (Å²) < 4.78 is 0. The molecular formula is C10H12O2. The molecule has 12 heavy (non-hydrogen) atoms. The average molecular weight is 164 g/mol. The second-order valence-electron chi connectivity index (χ2n) is 3.95.